The van der Waals surface area contributed by atoms with Crippen LogP contribution in [0.25, 0.3) is 0 Å². The smallest absolute Gasteiger partial charge is 0.271 e. The number of hydrogen-bond acceptors (Lipinski definition) is 7. The summed E-state index contributed by atoms with van der Waals surface area (Å²) >= 11 is 0. The van der Waals surface area contributed by atoms with E-state index in [1.807, 2.05) is 0 Å². The molecule has 3 amide bonds. The summed E-state index contributed by atoms with van der Waals surface area (Å²) in [5, 5.41) is 24.3. The monoisotopic (exact) mass is 432 g/mol. The third-order valence-corrected chi connectivity index (χ3v) is 4.78. The van der Waals surface area contributed by atoms with Gasteiger partial charge in [-0.2, -0.15) is 0 Å². The van der Waals surface area contributed by atoms with E-state index in [0.29, 0.717) is 0 Å². The van der Waals surface area contributed by atoms with Gasteiger partial charge < -0.3 is 5.32 Å². The van der Waals surface area contributed by atoms with E-state index in [2.05, 4.69) is 5.32 Å². The van der Waals surface area contributed by atoms with Crippen LogP contribution in [0.3, 0.4) is 0 Å². The van der Waals surface area contributed by atoms with Crippen molar-refractivity contribution in [3.63, 3.8) is 0 Å². The van der Waals surface area contributed by atoms with Gasteiger partial charge in [0, 0.05) is 35.5 Å². The molecule has 11 heteroatoms. The van der Waals surface area contributed by atoms with E-state index in [1.165, 1.54) is 54.6 Å². The molecule has 0 fully saturated rings. The molecule has 1 aliphatic heterocycles. The molecule has 0 aromatic heterocycles. The van der Waals surface area contributed by atoms with Gasteiger partial charge in [0.15, 0.2) is 0 Å². The zero-order valence-corrected chi connectivity index (χ0v) is 16.1. The van der Waals surface area contributed by atoms with Crippen molar-refractivity contribution in [1.29, 1.82) is 0 Å². The number of nitrogens with one attached hydrogen (secondary N) is 1. The van der Waals surface area contributed by atoms with E-state index in [4.69, 9.17) is 0 Å². The van der Waals surface area contributed by atoms with E-state index in [-0.39, 0.29) is 39.4 Å². The molecule has 1 aliphatic rings. The molecule has 0 saturated carbocycles. The Bertz CT molecular complexity index is 1320. The number of anilines is 2. The highest BCUT2D eigenvalue weighted by Gasteiger charge is 2.37. The maximum absolute atomic E-state index is 12.7. The van der Waals surface area contributed by atoms with Crippen molar-refractivity contribution in [2.24, 2.45) is 0 Å². The predicted molar refractivity (Wildman–Crippen MR) is 112 cm³/mol. The van der Waals surface area contributed by atoms with Gasteiger partial charge in [0.25, 0.3) is 29.1 Å². The van der Waals surface area contributed by atoms with Gasteiger partial charge in [-0.3, -0.25) is 34.6 Å². The lowest BCUT2D eigenvalue weighted by molar-refractivity contribution is -0.385. The fraction of sp³-hybridized carbons (Fsp3) is 0. The molecule has 32 heavy (non-hydrogen) atoms. The molecule has 0 unspecified atom stereocenters. The number of amides is 3. The molecule has 0 spiro atoms. The number of carbonyl (C=O) groups is 3. The molecule has 3 aromatic carbocycles. The zero-order chi connectivity index (χ0) is 23.0. The van der Waals surface area contributed by atoms with E-state index < -0.39 is 27.6 Å². The first-order valence-corrected chi connectivity index (χ1v) is 9.09. The minimum atomic E-state index is -0.706. The fourth-order valence-corrected chi connectivity index (χ4v) is 3.24. The normalized spacial score (nSPS) is 12.4. The van der Waals surface area contributed by atoms with Crippen LogP contribution in [0.15, 0.2) is 66.7 Å². The molecular formula is C21H12N4O7. The number of benzene rings is 3. The Morgan fingerprint density at radius 2 is 1.41 bits per heavy atom. The highest BCUT2D eigenvalue weighted by atomic mass is 16.6. The van der Waals surface area contributed by atoms with E-state index in [9.17, 15) is 34.6 Å². The molecule has 158 valence electrons. The van der Waals surface area contributed by atoms with Crippen LogP contribution in [-0.2, 0) is 0 Å². The van der Waals surface area contributed by atoms with Gasteiger partial charge in [-0.25, -0.2) is 4.90 Å². The molecule has 0 saturated heterocycles. The van der Waals surface area contributed by atoms with Crippen molar-refractivity contribution in [2.75, 3.05) is 10.2 Å². The van der Waals surface area contributed by atoms with Gasteiger partial charge in [0.2, 0.25) is 0 Å². The molecule has 1 heterocycles. The summed E-state index contributed by atoms with van der Waals surface area (Å²) < 4.78 is 0. The third-order valence-electron chi connectivity index (χ3n) is 4.78. The van der Waals surface area contributed by atoms with E-state index in [1.54, 1.807) is 0 Å². The Hall–Kier alpha value is -4.93. The molecule has 0 aliphatic carbocycles. The second-order valence-corrected chi connectivity index (χ2v) is 6.74. The van der Waals surface area contributed by atoms with Crippen LogP contribution >= 0.6 is 0 Å². The standard InChI is InChI=1S/C21H12N4O7/c26-19(22-13-2-1-3-15(10-13)24(29)30)12-4-6-14(7-5-12)23-20(27)17-9-8-16(25(31)32)11-18(17)21(23)28/h1-11H,(H,22,26). The average molecular weight is 432 g/mol. The summed E-state index contributed by atoms with van der Waals surface area (Å²) in [7, 11) is 0. The van der Waals surface area contributed by atoms with Crippen LogP contribution in [0, 0.1) is 20.2 Å². The number of nitro groups is 2. The molecule has 1 N–H and O–H groups in total. The minimum Gasteiger partial charge on any atom is -0.322 e. The van der Waals surface area contributed by atoms with Crippen molar-refractivity contribution < 1.29 is 24.2 Å². The van der Waals surface area contributed by atoms with Crippen molar-refractivity contribution in [3.05, 3.63) is 104 Å². The first-order valence-electron chi connectivity index (χ1n) is 9.09. The fourth-order valence-electron chi connectivity index (χ4n) is 3.24. The maximum atomic E-state index is 12.7. The van der Waals surface area contributed by atoms with Crippen molar-refractivity contribution in [1.82, 2.24) is 0 Å². The number of nitrogens with zero attached hydrogens (tertiary/aromatic N) is 3. The van der Waals surface area contributed by atoms with Crippen LogP contribution in [0.4, 0.5) is 22.7 Å². The van der Waals surface area contributed by atoms with E-state index >= 15 is 0 Å². The van der Waals surface area contributed by atoms with Gasteiger partial charge in [-0.05, 0) is 36.4 Å². The molecule has 4 rings (SSSR count). The average Bonchev–Trinajstić information content (AvgIpc) is 3.03. The third kappa shape index (κ3) is 3.54. The minimum absolute atomic E-state index is 0.0492. The number of non-ortho nitro benzene ring substituents is 2. The Kier molecular flexibility index (Phi) is 4.91. The largest absolute Gasteiger partial charge is 0.322 e. The Balaban J connectivity index is 1.55. The highest BCUT2D eigenvalue weighted by molar-refractivity contribution is 6.34. The lowest BCUT2D eigenvalue weighted by Crippen LogP contribution is -2.29. The Morgan fingerprint density at radius 1 is 0.781 bits per heavy atom. The SMILES string of the molecule is O=C(Nc1cccc([N+](=O)[O-])c1)c1ccc(N2C(=O)c3ccc([N+](=O)[O-])cc3C2=O)cc1. The van der Waals surface area contributed by atoms with Crippen LogP contribution in [-0.4, -0.2) is 27.6 Å². The quantitative estimate of drug-likeness (QED) is 0.367. The number of carbonyl (C=O) groups excluding carboxylic acids is 3. The summed E-state index contributed by atoms with van der Waals surface area (Å²) in [6.07, 6.45) is 0. The van der Waals surface area contributed by atoms with Crippen LogP contribution in [0.2, 0.25) is 0 Å². The highest BCUT2D eigenvalue weighted by Crippen LogP contribution is 2.31. The second-order valence-electron chi connectivity index (χ2n) is 6.74. The number of hydrogen-bond donors (Lipinski definition) is 1. The van der Waals surface area contributed by atoms with E-state index in [0.717, 1.165) is 17.0 Å². The molecule has 0 radical (unpaired) electrons. The molecule has 11 nitrogen and oxygen atoms in total. The maximum Gasteiger partial charge on any atom is 0.271 e. The summed E-state index contributed by atoms with van der Waals surface area (Å²) in [4.78, 5) is 59.2. The summed E-state index contributed by atoms with van der Waals surface area (Å²) in [5.74, 6) is -1.88. The van der Waals surface area contributed by atoms with Gasteiger partial charge in [0.1, 0.15) is 0 Å². The summed E-state index contributed by atoms with van der Waals surface area (Å²) in [6, 6.07) is 14.4. The molecule has 0 bridgehead atoms. The van der Waals surface area contributed by atoms with Gasteiger partial charge >= 0.3 is 0 Å². The van der Waals surface area contributed by atoms with Crippen molar-refractivity contribution in [3.8, 4) is 0 Å². The summed E-state index contributed by atoms with van der Waals surface area (Å²) in [6.45, 7) is 0. The second kappa shape index (κ2) is 7.72. The molecule has 0 atom stereocenters. The van der Waals surface area contributed by atoms with Gasteiger partial charge in [-0.1, -0.05) is 6.07 Å². The topological polar surface area (TPSA) is 153 Å². The predicted octanol–water partition coefficient (Wildman–Crippen LogP) is 3.56. The van der Waals surface area contributed by atoms with Crippen molar-refractivity contribution in [2.45, 2.75) is 0 Å². The first kappa shape index (κ1) is 20.3. The number of rotatable bonds is 5. The van der Waals surface area contributed by atoms with Gasteiger partial charge in [-0.15, -0.1) is 0 Å². The van der Waals surface area contributed by atoms with Crippen molar-refractivity contribution >= 4 is 40.5 Å². The summed E-state index contributed by atoms with van der Waals surface area (Å²) in [5.41, 5.74) is 0.0992. The number of fused-ring (bicyclic) bond motifs is 1. The Morgan fingerprint density at radius 3 is 2.06 bits per heavy atom. The Labute approximate surface area is 179 Å². The number of imide groups is 1. The van der Waals surface area contributed by atoms with Crippen LogP contribution in [0.5, 0.6) is 0 Å². The zero-order valence-electron chi connectivity index (χ0n) is 16.1. The van der Waals surface area contributed by atoms with Crippen LogP contribution in [0.1, 0.15) is 31.1 Å². The number of nitro benzene ring substituents is 2. The lowest BCUT2D eigenvalue weighted by atomic mass is 10.1. The molecule has 3 aromatic rings. The lowest BCUT2D eigenvalue weighted by Gasteiger charge is -2.14. The van der Waals surface area contributed by atoms with Crippen LogP contribution < -0.4 is 10.2 Å². The first-order chi connectivity index (χ1) is 15.3. The molecular weight excluding hydrogens is 420 g/mol. The van der Waals surface area contributed by atoms with Gasteiger partial charge in [0.05, 0.1) is 26.7 Å².